The predicted molar refractivity (Wildman–Crippen MR) is 224 cm³/mol. The fraction of sp³-hybridized carbons (Fsp3) is 0.0417. The minimum absolute atomic E-state index is 0.761. The van der Waals surface area contributed by atoms with Crippen LogP contribution in [0.5, 0.6) is 0 Å². The van der Waals surface area contributed by atoms with Gasteiger partial charge in [0.05, 0.1) is 11.4 Å². The van der Waals surface area contributed by atoms with E-state index in [0.717, 1.165) is 28.3 Å². The maximum atomic E-state index is 5.52. The van der Waals surface area contributed by atoms with Gasteiger partial charge in [-0.15, -0.1) is 11.3 Å². The van der Waals surface area contributed by atoms with Gasteiger partial charge >= 0.3 is 0 Å². The first-order chi connectivity index (χ1) is 25.5. The van der Waals surface area contributed by atoms with Gasteiger partial charge in [-0.1, -0.05) is 159 Å². The second kappa shape index (κ2) is 12.1. The Hall–Kier alpha value is -5.94. The van der Waals surface area contributed by atoms with Crippen LogP contribution in [0.15, 0.2) is 170 Å². The van der Waals surface area contributed by atoms with Crippen LogP contribution in [-0.4, -0.2) is 18.0 Å². The number of benzene rings is 7. The predicted octanol–water partition coefficient (Wildman–Crippen LogP) is 12.0. The SMILES string of the molecule is C[Si]1(C)c2ccccc2-c2nc(-c3cccc(-c4cccc5c4sc4ccccc45)c3)nc(-c3cccc(-c4cccc(-c5ccccc5)c4)c3)c21. The van der Waals surface area contributed by atoms with Gasteiger partial charge in [-0.25, -0.2) is 9.97 Å². The minimum atomic E-state index is -2.12. The highest BCUT2D eigenvalue weighted by atomic mass is 32.1. The van der Waals surface area contributed by atoms with E-state index in [9.17, 15) is 0 Å². The molecule has 3 heterocycles. The molecule has 0 saturated carbocycles. The molecule has 1 aliphatic heterocycles. The highest BCUT2D eigenvalue weighted by Crippen LogP contribution is 2.41. The van der Waals surface area contributed by atoms with Crippen molar-refractivity contribution in [2.24, 2.45) is 0 Å². The molecule has 10 rings (SSSR count). The van der Waals surface area contributed by atoms with E-state index >= 15 is 0 Å². The summed E-state index contributed by atoms with van der Waals surface area (Å²) in [6.45, 7) is 4.90. The normalized spacial score (nSPS) is 13.0. The fourth-order valence-electron chi connectivity index (χ4n) is 8.11. The van der Waals surface area contributed by atoms with Crippen molar-refractivity contribution in [1.29, 1.82) is 0 Å². The molecule has 0 radical (unpaired) electrons. The Morgan fingerprint density at radius 3 is 1.79 bits per heavy atom. The standard InChI is InChI=1S/C48H34N2SSi/c1-52(2)43-27-9-7-23-41(43)45-47(52)44(36-20-11-18-34(29-36)33-17-10-16-32(28-33)31-14-4-3-5-15-31)49-48(50-45)37-21-12-19-35(30-37)38-24-13-25-40-39-22-6-8-26-42(39)51-46(38)40/h3-30H,1-2H3. The molecule has 0 saturated heterocycles. The number of hydrogen-bond acceptors (Lipinski definition) is 3. The Balaban J connectivity index is 1.14. The first-order valence-corrected chi connectivity index (χ1v) is 21.6. The highest BCUT2D eigenvalue weighted by Gasteiger charge is 2.41. The molecule has 0 N–H and O–H groups in total. The van der Waals surface area contributed by atoms with Gasteiger partial charge in [0.2, 0.25) is 0 Å². The van der Waals surface area contributed by atoms with Gasteiger partial charge in [-0.3, -0.25) is 0 Å². The van der Waals surface area contributed by atoms with Gasteiger partial charge in [-0.05, 0) is 73.6 Å². The van der Waals surface area contributed by atoms with Gasteiger partial charge in [0, 0.05) is 31.3 Å². The Morgan fingerprint density at radius 2 is 0.962 bits per heavy atom. The van der Waals surface area contributed by atoms with Crippen LogP contribution in [0.1, 0.15) is 0 Å². The summed E-state index contributed by atoms with van der Waals surface area (Å²) in [4.78, 5) is 11.0. The third-order valence-electron chi connectivity index (χ3n) is 10.7. The lowest BCUT2D eigenvalue weighted by Crippen LogP contribution is -2.50. The Kier molecular flexibility index (Phi) is 7.17. The molecule has 0 unspecified atom stereocenters. The van der Waals surface area contributed by atoms with Crippen molar-refractivity contribution in [3.63, 3.8) is 0 Å². The van der Waals surface area contributed by atoms with Crippen LogP contribution in [0.2, 0.25) is 13.1 Å². The van der Waals surface area contributed by atoms with E-state index in [-0.39, 0.29) is 0 Å². The Bertz CT molecular complexity index is 2830. The molecule has 1 aliphatic rings. The van der Waals surface area contributed by atoms with E-state index in [4.69, 9.17) is 9.97 Å². The van der Waals surface area contributed by atoms with Crippen LogP contribution in [0, 0.1) is 0 Å². The number of fused-ring (bicyclic) bond motifs is 6. The molecule has 0 aliphatic carbocycles. The minimum Gasteiger partial charge on any atom is -0.228 e. The first-order valence-electron chi connectivity index (χ1n) is 17.8. The van der Waals surface area contributed by atoms with E-state index in [1.807, 2.05) is 11.3 Å². The summed E-state index contributed by atoms with van der Waals surface area (Å²) >= 11 is 1.87. The van der Waals surface area contributed by atoms with E-state index in [2.05, 4.69) is 183 Å². The third-order valence-corrected chi connectivity index (χ3v) is 15.4. The van der Waals surface area contributed by atoms with E-state index in [1.54, 1.807) is 0 Å². The molecule has 2 nitrogen and oxygen atoms in total. The molecule has 52 heavy (non-hydrogen) atoms. The largest absolute Gasteiger partial charge is 0.228 e. The van der Waals surface area contributed by atoms with Crippen molar-refractivity contribution in [2.75, 3.05) is 0 Å². The van der Waals surface area contributed by atoms with Gasteiger partial charge in [0.25, 0.3) is 0 Å². The molecule has 0 amide bonds. The summed E-state index contributed by atoms with van der Waals surface area (Å²) in [7, 11) is -2.12. The first kappa shape index (κ1) is 30.8. The van der Waals surface area contributed by atoms with Gasteiger partial charge in [-0.2, -0.15) is 0 Å². The van der Waals surface area contributed by atoms with Crippen molar-refractivity contribution >= 4 is 50.0 Å². The van der Waals surface area contributed by atoms with Crippen LogP contribution in [-0.2, 0) is 0 Å². The molecule has 4 heteroatoms. The van der Waals surface area contributed by atoms with E-state index in [1.165, 1.54) is 69.5 Å². The molecule has 246 valence electrons. The number of aromatic nitrogens is 2. The lowest BCUT2D eigenvalue weighted by Gasteiger charge is -2.22. The quantitative estimate of drug-likeness (QED) is 0.167. The summed E-state index contributed by atoms with van der Waals surface area (Å²) in [5.74, 6) is 0.761. The zero-order chi connectivity index (χ0) is 34.8. The Labute approximate surface area is 308 Å². The van der Waals surface area contributed by atoms with Crippen molar-refractivity contribution in [3.8, 4) is 67.3 Å². The highest BCUT2D eigenvalue weighted by molar-refractivity contribution is 7.26. The molecule has 0 spiro atoms. The second-order valence-electron chi connectivity index (χ2n) is 14.2. The molecule has 7 aromatic carbocycles. The van der Waals surface area contributed by atoms with Crippen LogP contribution < -0.4 is 10.4 Å². The monoisotopic (exact) mass is 698 g/mol. The molecule has 0 bridgehead atoms. The summed E-state index contributed by atoms with van der Waals surface area (Å²) in [5.41, 5.74) is 12.7. The van der Waals surface area contributed by atoms with E-state index < -0.39 is 8.07 Å². The van der Waals surface area contributed by atoms with Crippen molar-refractivity contribution in [1.82, 2.24) is 9.97 Å². The molecular formula is C48H34N2SSi. The van der Waals surface area contributed by atoms with Crippen LogP contribution >= 0.6 is 11.3 Å². The summed E-state index contributed by atoms with van der Waals surface area (Å²) in [6, 6.07) is 61.4. The number of hydrogen-bond donors (Lipinski definition) is 0. The molecule has 9 aromatic rings. The number of rotatable bonds is 5. The lowest BCUT2D eigenvalue weighted by atomic mass is 9.97. The molecular weight excluding hydrogens is 665 g/mol. The van der Waals surface area contributed by atoms with Crippen LogP contribution in [0.3, 0.4) is 0 Å². The van der Waals surface area contributed by atoms with Crippen molar-refractivity contribution in [3.05, 3.63) is 170 Å². The summed E-state index contributed by atoms with van der Waals surface area (Å²) in [5, 5.41) is 5.36. The lowest BCUT2D eigenvalue weighted by molar-refractivity contribution is 1.20. The maximum absolute atomic E-state index is 5.52. The number of thiophene rings is 1. The average Bonchev–Trinajstić information content (AvgIpc) is 3.70. The fourth-order valence-corrected chi connectivity index (χ4v) is 12.6. The average molecular weight is 699 g/mol. The second-order valence-corrected chi connectivity index (χ2v) is 19.5. The van der Waals surface area contributed by atoms with Crippen molar-refractivity contribution < 1.29 is 0 Å². The Morgan fingerprint density at radius 1 is 0.423 bits per heavy atom. The van der Waals surface area contributed by atoms with Crippen molar-refractivity contribution in [2.45, 2.75) is 13.1 Å². The van der Waals surface area contributed by atoms with Crippen LogP contribution in [0.25, 0.3) is 87.5 Å². The smallest absolute Gasteiger partial charge is 0.160 e. The molecule has 0 atom stereocenters. The zero-order valence-electron chi connectivity index (χ0n) is 29.0. The maximum Gasteiger partial charge on any atom is 0.160 e. The summed E-state index contributed by atoms with van der Waals surface area (Å²) < 4.78 is 2.62. The number of nitrogens with zero attached hydrogens (tertiary/aromatic N) is 2. The third kappa shape index (κ3) is 4.98. The van der Waals surface area contributed by atoms with Crippen LogP contribution in [0.4, 0.5) is 0 Å². The van der Waals surface area contributed by atoms with E-state index in [0.29, 0.717) is 0 Å². The van der Waals surface area contributed by atoms with Gasteiger partial charge in [0.1, 0.15) is 8.07 Å². The van der Waals surface area contributed by atoms with Gasteiger partial charge in [0.15, 0.2) is 5.82 Å². The zero-order valence-corrected chi connectivity index (χ0v) is 30.8. The summed E-state index contributed by atoms with van der Waals surface area (Å²) in [6.07, 6.45) is 0. The molecule has 2 aromatic heterocycles. The topological polar surface area (TPSA) is 25.8 Å². The van der Waals surface area contributed by atoms with Gasteiger partial charge < -0.3 is 0 Å². The molecule has 0 fully saturated rings.